The maximum Gasteiger partial charge on any atom is 0.391 e. The van der Waals surface area contributed by atoms with E-state index < -0.39 is 12.1 Å². The van der Waals surface area contributed by atoms with Gasteiger partial charge in [-0.05, 0) is 59.5 Å². The highest BCUT2D eigenvalue weighted by Crippen LogP contribution is 2.37. The number of rotatable bonds is 2. The summed E-state index contributed by atoms with van der Waals surface area (Å²) in [6.45, 7) is 7.14. The molecule has 8 heteroatoms. The minimum absolute atomic E-state index is 0. The highest BCUT2D eigenvalue weighted by Gasteiger charge is 2.43. The van der Waals surface area contributed by atoms with Gasteiger partial charge in [-0.3, -0.25) is 4.99 Å². The molecule has 0 aromatic carbocycles. The molecule has 0 radical (unpaired) electrons. The lowest BCUT2D eigenvalue weighted by atomic mass is 9.83. The van der Waals surface area contributed by atoms with Crippen LogP contribution < -0.4 is 11.1 Å². The first-order valence-electron chi connectivity index (χ1n) is 7.97. The standard InChI is InChI=1S/C15H27F3N4.HI/c1-14(2,3)21-13(19)20-11-8-12(9-11)22-6-4-10(5-7-22)15(16,17)18;/h10-12H,4-9H2,1-3H3,(H3,19,20,21);1H. The van der Waals surface area contributed by atoms with Gasteiger partial charge in [-0.1, -0.05) is 0 Å². The van der Waals surface area contributed by atoms with Gasteiger partial charge in [0.05, 0.1) is 12.0 Å². The van der Waals surface area contributed by atoms with E-state index in [2.05, 4.69) is 15.2 Å². The Morgan fingerprint density at radius 3 is 2.09 bits per heavy atom. The molecule has 1 saturated carbocycles. The summed E-state index contributed by atoms with van der Waals surface area (Å²) in [7, 11) is 0. The fourth-order valence-corrected chi connectivity index (χ4v) is 3.17. The van der Waals surface area contributed by atoms with E-state index in [-0.39, 0.29) is 48.4 Å². The van der Waals surface area contributed by atoms with Gasteiger partial charge in [0.1, 0.15) is 0 Å². The van der Waals surface area contributed by atoms with Crippen molar-refractivity contribution in [2.24, 2.45) is 16.6 Å². The van der Waals surface area contributed by atoms with Gasteiger partial charge < -0.3 is 16.0 Å². The molecule has 0 spiro atoms. The highest BCUT2D eigenvalue weighted by atomic mass is 127. The van der Waals surface area contributed by atoms with Crippen LogP contribution in [0.1, 0.15) is 46.5 Å². The molecule has 1 aliphatic carbocycles. The molecule has 3 N–H and O–H groups in total. The molecule has 1 heterocycles. The molecule has 0 aromatic rings. The zero-order chi connectivity index (χ0) is 16.5. The zero-order valence-corrected chi connectivity index (χ0v) is 16.3. The number of hydrogen-bond donors (Lipinski definition) is 2. The summed E-state index contributed by atoms with van der Waals surface area (Å²) in [4.78, 5) is 6.63. The van der Waals surface area contributed by atoms with Gasteiger partial charge in [0, 0.05) is 11.6 Å². The number of guanidine groups is 1. The Kier molecular flexibility index (Phi) is 7.01. The average molecular weight is 448 g/mol. The molecule has 23 heavy (non-hydrogen) atoms. The molecule has 2 aliphatic rings. The van der Waals surface area contributed by atoms with Crippen molar-refractivity contribution in [2.75, 3.05) is 13.1 Å². The predicted molar refractivity (Wildman–Crippen MR) is 97.1 cm³/mol. The minimum atomic E-state index is -4.04. The Labute approximate surface area is 153 Å². The molecule has 136 valence electrons. The highest BCUT2D eigenvalue weighted by molar-refractivity contribution is 14.0. The maximum atomic E-state index is 12.6. The molecule has 1 saturated heterocycles. The number of alkyl halides is 3. The number of nitrogens with one attached hydrogen (secondary N) is 1. The van der Waals surface area contributed by atoms with E-state index in [0.717, 1.165) is 12.8 Å². The number of aliphatic imine (C=N–C) groups is 1. The predicted octanol–water partition coefficient (Wildman–Crippen LogP) is 3.11. The van der Waals surface area contributed by atoms with Crippen LogP contribution in [-0.2, 0) is 0 Å². The first-order valence-corrected chi connectivity index (χ1v) is 7.97. The van der Waals surface area contributed by atoms with E-state index in [0.29, 0.717) is 25.1 Å². The van der Waals surface area contributed by atoms with Crippen LogP contribution in [0.5, 0.6) is 0 Å². The third kappa shape index (κ3) is 6.28. The summed E-state index contributed by atoms with van der Waals surface area (Å²) in [5.74, 6) is -0.670. The minimum Gasteiger partial charge on any atom is -0.370 e. The number of hydrogen-bond acceptors (Lipinski definition) is 2. The van der Waals surface area contributed by atoms with Crippen molar-refractivity contribution in [3.05, 3.63) is 0 Å². The fourth-order valence-electron chi connectivity index (χ4n) is 3.17. The number of halogens is 4. The number of likely N-dealkylation sites (tertiary alicyclic amines) is 1. The van der Waals surface area contributed by atoms with Gasteiger partial charge in [0.15, 0.2) is 5.96 Å². The van der Waals surface area contributed by atoms with Crippen LogP contribution in [0, 0.1) is 5.92 Å². The van der Waals surface area contributed by atoms with E-state index in [4.69, 9.17) is 5.73 Å². The van der Waals surface area contributed by atoms with E-state index in [1.807, 2.05) is 20.8 Å². The van der Waals surface area contributed by atoms with Gasteiger partial charge in [0.2, 0.25) is 0 Å². The van der Waals surface area contributed by atoms with Crippen LogP contribution >= 0.6 is 24.0 Å². The average Bonchev–Trinajstić information content (AvgIpc) is 2.30. The third-order valence-electron chi connectivity index (χ3n) is 4.42. The van der Waals surface area contributed by atoms with Gasteiger partial charge in [-0.2, -0.15) is 13.2 Å². The van der Waals surface area contributed by atoms with Crippen LogP contribution in [0.15, 0.2) is 4.99 Å². The quantitative estimate of drug-likeness (QED) is 0.388. The van der Waals surface area contributed by atoms with Crippen LogP contribution in [0.3, 0.4) is 0 Å². The number of nitrogens with zero attached hydrogens (tertiary/aromatic N) is 2. The second-order valence-electron chi connectivity index (χ2n) is 7.52. The smallest absolute Gasteiger partial charge is 0.370 e. The van der Waals surface area contributed by atoms with Crippen molar-refractivity contribution in [1.29, 1.82) is 0 Å². The molecule has 0 amide bonds. The Morgan fingerprint density at radius 2 is 1.65 bits per heavy atom. The summed E-state index contributed by atoms with van der Waals surface area (Å²) in [5.41, 5.74) is 5.75. The molecule has 4 nitrogen and oxygen atoms in total. The van der Waals surface area contributed by atoms with Crippen LogP contribution in [0.2, 0.25) is 0 Å². The largest absolute Gasteiger partial charge is 0.391 e. The molecule has 0 atom stereocenters. The topological polar surface area (TPSA) is 53.6 Å². The molecule has 1 aliphatic heterocycles. The number of nitrogens with two attached hydrogens (primary N) is 1. The summed E-state index contributed by atoms with van der Waals surface area (Å²) in [6.07, 6.45) is -1.80. The Hall–Kier alpha value is -0.250. The summed E-state index contributed by atoms with van der Waals surface area (Å²) < 4.78 is 37.9. The Bertz CT molecular complexity index is 406. The molecule has 2 rings (SSSR count). The normalized spacial score (nSPS) is 28.0. The lowest BCUT2D eigenvalue weighted by Crippen LogP contribution is -2.52. The molecule has 0 aromatic heterocycles. The Morgan fingerprint density at radius 1 is 1.13 bits per heavy atom. The van der Waals surface area contributed by atoms with Crippen molar-refractivity contribution < 1.29 is 13.2 Å². The van der Waals surface area contributed by atoms with E-state index in [1.165, 1.54) is 0 Å². The van der Waals surface area contributed by atoms with Crippen molar-refractivity contribution in [3.63, 3.8) is 0 Å². The first-order chi connectivity index (χ1) is 10.0. The van der Waals surface area contributed by atoms with Crippen LogP contribution in [0.25, 0.3) is 0 Å². The summed E-state index contributed by atoms with van der Waals surface area (Å²) >= 11 is 0. The Balaban J connectivity index is 0.00000264. The molecule has 0 unspecified atom stereocenters. The van der Waals surface area contributed by atoms with Gasteiger partial charge in [-0.25, -0.2) is 0 Å². The lowest BCUT2D eigenvalue weighted by Gasteiger charge is -2.44. The third-order valence-corrected chi connectivity index (χ3v) is 4.42. The fraction of sp³-hybridized carbons (Fsp3) is 0.933. The van der Waals surface area contributed by atoms with Crippen molar-refractivity contribution in [3.8, 4) is 0 Å². The monoisotopic (exact) mass is 448 g/mol. The van der Waals surface area contributed by atoms with E-state index >= 15 is 0 Å². The van der Waals surface area contributed by atoms with Gasteiger partial charge in [-0.15, -0.1) is 24.0 Å². The molecule has 0 bridgehead atoms. The zero-order valence-electron chi connectivity index (χ0n) is 14.0. The van der Waals surface area contributed by atoms with Crippen molar-refractivity contribution in [1.82, 2.24) is 10.2 Å². The SMILES string of the molecule is CC(C)(C)NC(N)=NC1CC(N2CCC(C(F)(F)F)CC2)C1.I. The van der Waals surface area contributed by atoms with E-state index in [9.17, 15) is 13.2 Å². The van der Waals surface area contributed by atoms with Gasteiger partial charge >= 0.3 is 6.18 Å². The molecule has 2 fully saturated rings. The summed E-state index contributed by atoms with van der Waals surface area (Å²) in [6, 6.07) is 0.561. The van der Waals surface area contributed by atoms with Crippen molar-refractivity contribution >= 4 is 29.9 Å². The van der Waals surface area contributed by atoms with Crippen molar-refractivity contribution in [2.45, 2.75) is 70.3 Å². The molecular formula is C15H28F3IN4. The second-order valence-corrected chi connectivity index (χ2v) is 7.52. The second kappa shape index (κ2) is 7.76. The van der Waals surface area contributed by atoms with E-state index in [1.54, 1.807) is 0 Å². The molecular weight excluding hydrogens is 420 g/mol. The lowest BCUT2D eigenvalue weighted by molar-refractivity contribution is -0.187. The van der Waals surface area contributed by atoms with Crippen LogP contribution in [0.4, 0.5) is 13.2 Å². The van der Waals surface area contributed by atoms with Crippen LogP contribution in [-0.4, -0.2) is 47.7 Å². The first kappa shape index (κ1) is 20.8. The number of piperidine rings is 1. The maximum absolute atomic E-state index is 12.6. The summed E-state index contributed by atoms with van der Waals surface area (Å²) in [5, 5.41) is 3.12. The van der Waals surface area contributed by atoms with Gasteiger partial charge in [0.25, 0.3) is 0 Å².